The van der Waals surface area contributed by atoms with Crippen LogP contribution >= 0.6 is 0 Å². The second kappa shape index (κ2) is 8.12. The first-order valence-electron chi connectivity index (χ1n) is 7.66. The van der Waals surface area contributed by atoms with Gasteiger partial charge in [-0.15, -0.1) is 10.2 Å². The first kappa shape index (κ1) is 16.0. The fourth-order valence-electron chi connectivity index (χ4n) is 2.14. The number of benzene rings is 2. The van der Waals surface area contributed by atoms with Crippen molar-refractivity contribution in [2.45, 2.75) is 19.7 Å². The summed E-state index contributed by atoms with van der Waals surface area (Å²) in [6, 6.07) is 17.4. The highest BCUT2D eigenvalue weighted by Gasteiger charge is 2.06. The van der Waals surface area contributed by atoms with Gasteiger partial charge in [-0.2, -0.15) is 0 Å². The van der Waals surface area contributed by atoms with E-state index in [2.05, 4.69) is 15.5 Å². The third-order valence-electron chi connectivity index (χ3n) is 3.38. The van der Waals surface area contributed by atoms with Crippen molar-refractivity contribution in [3.63, 3.8) is 0 Å². The molecule has 0 aliphatic heterocycles. The van der Waals surface area contributed by atoms with Gasteiger partial charge < -0.3 is 19.2 Å². The molecule has 0 amide bonds. The summed E-state index contributed by atoms with van der Waals surface area (Å²) >= 11 is 0. The molecule has 6 heteroatoms. The summed E-state index contributed by atoms with van der Waals surface area (Å²) in [5.41, 5.74) is 1.16. The molecule has 0 fully saturated rings. The topological polar surface area (TPSA) is 69.4 Å². The summed E-state index contributed by atoms with van der Waals surface area (Å²) in [4.78, 5) is 0. The number of hydrogen-bond acceptors (Lipinski definition) is 6. The summed E-state index contributed by atoms with van der Waals surface area (Å²) in [7, 11) is 1.65. The van der Waals surface area contributed by atoms with E-state index in [0.29, 0.717) is 24.9 Å². The van der Waals surface area contributed by atoms with Crippen LogP contribution in [0.15, 0.2) is 59.0 Å². The number of para-hydroxylation sites is 1. The average molecular weight is 325 g/mol. The van der Waals surface area contributed by atoms with Crippen molar-refractivity contribution in [1.29, 1.82) is 0 Å². The van der Waals surface area contributed by atoms with Gasteiger partial charge in [0, 0.05) is 6.54 Å². The summed E-state index contributed by atoms with van der Waals surface area (Å²) in [6.45, 7) is 1.47. The van der Waals surface area contributed by atoms with E-state index in [1.807, 2.05) is 54.6 Å². The van der Waals surface area contributed by atoms with Crippen molar-refractivity contribution < 1.29 is 13.9 Å². The molecule has 0 aliphatic rings. The zero-order valence-corrected chi connectivity index (χ0v) is 13.4. The number of aromatic nitrogens is 2. The second-order valence-electron chi connectivity index (χ2n) is 5.14. The van der Waals surface area contributed by atoms with Crippen LogP contribution in [0.2, 0.25) is 0 Å². The van der Waals surface area contributed by atoms with Crippen LogP contribution < -0.4 is 14.8 Å². The van der Waals surface area contributed by atoms with Crippen LogP contribution in [0.3, 0.4) is 0 Å². The summed E-state index contributed by atoms with van der Waals surface area (Å²) in [5.74, 6) is 2.61. The van der Waals surface area contributed by atoms with E-state index in [0.717, 1.165) is 17.1 Å². The fraction of sp³-hybridized carbons (Fsp3) is 0.222. The number of ether oxygens (including phenoxy) is 2. The predicted octanol–water partition coefficient (Wildman–Crippen LogP) is 2.95. The summed E-state index contributed by atoms with van der Waals surface area (Å²) in [6.07, 6.45) is 0. The van der Waals surface area contributed by atoms with Gasteiger partial charge in [0.2, 0.25) is 5.89 Å². The van der Waals surface area contributed by atoms with Crippen LogP contribution in [0.25, 0.3) is 0 Å². The molecule has 0 aliphatic carbocycles. The van der Waals surface area contributed by atoms with Crippen LogP contribution in [0.5, 0.6) is 11.5 Å². The number of rotatable bonds is 8. The fourth-order valence-corrected chi connectivity index (χ4v) is 2.14. The molecular formula is C18H19N3O3. The van der Waals surface area contributed by atoms with Gasteiger partial charge in [0.05, 0.1) is 13.7 Å². The molecule has 0 saturated heterocycles. The van der Waals surface area contributed by atoms with Gasteiger partial charge in [0.25, 0.3) is 5.89 Å². The molecule has 24 heavy (non-hydrogen) atoms. The molecular weight excluding hydrogens is 306 g/mol. The Bertz CT molecular complexity index is 742. The molecule has 1 aromatic heterocycles. The van der Waals surface area contributed by atoms with Crippen molar-refractivity contribution in [1.82, 2.24) is 15.5 Å². The van der Waals surface area contributed by atoms with Crippen molar-refractivity contribution >= 4 is 0 Å². The minimum absolute atomic E-state index is 0.259. The van der Waals surface area contributed by atoms with Gasteiger partial charge >= 0.3 is 0 Å². The lowest BCUT2D eigenvalue weighted by atomic mass is 10.2. The molecule has 0 atom stereocenters. The molecule has 0 spiro atoms. The smallest absolute Gasteiger partial charge is 0.253 e. The Labute approximate surface area is 140 Å². The van der Waals surface area contributed by atoms with Crippen LogP contribution in [-0.4, -0.2) is 17.3 Å². The van der Waals surface area contributed by atoms with Crippen molar-refractivity contribution in [3.05, 3.63) is 71.9 Å². The van der Waals surface area contributed by atoms with Gasteiger partial charge in [-0.1, -0.05) is 30.3 Å². The average Bonchev–Trinajstić information content (AvgIpc) is 3.09. The van der Waals surface area contributed by atoms with E-state index in [9.17, 15) is 0 Å². The maximum Gasteiger partial charge on any atom is 0.253 e. The second-order valence-corrected chi connectivity index (χ2v) is 5.14. The van der Waals surface area contributed by atoms with Crippen LogP contribution in [0.4, 0.5) is 0 Å². The molecule has 1 heterocycles. The zero-order chi connectivity index (χ0) is 16.6. The van der Waals surface area contributed by atoms with E-state index in [1.54, 1.807) is 7.11 Å². The third kappa shape index (κ3) is 4.57. The molecule has 0 saturated carbocycles. The lowest BCUT2D eigenvalue weighted by Gasteiger charge is -2.04. The number of nitrogens with one attached hydrogen (secondary N) is 1. The third-order valence-corrected chi connectivity index (χ3v) is 3.38. The summed E-state index contributed by atoms with van der Waals surface area (Å²) in [5, 5.41) is 11.3. The van der Waals surface area contributed by atoms with Gasteiger partial charge in [0.1, 0.15) is 11.5 Å². The lowest BCUT2D eigenvalue weighted by molar-refractivity contribution is 0.258. The highest BCUT2D eigenvalue weighted by molar-refractivity contribution is 5.27. The van der Waals surface area contributed by atoms with Gasteiger partial charge in [-0.05, 0) is 29.8 Å². The standard InChI is InChI=1S/C18H19N3O3/c1-22-15-9-7-14(8-10-15)11-19-12-17-20-21-18(24-17)13-23-16-5-3-2-4-6-16/h2-10,19H,11-13H2,1H3. The van der Waals surface area contributed by atoms with Gasteiger partial charge in [-0.3, -0.25) is 0 Å². The normalized spacial score (nSPS) is 10.5. The number of methoxy groups -OCH3 is 1. The predicted molar refractivity (Wildman–Crippen MR) is 88.6 cm³/mol. The SMILES string of the molecule is COc1ccc(CNCc2nnc(COc3ccccc3)o2)cc1. The Balaban J connectivity index is 1.43. The molecule has 0 unspecified atom stereocenters. The highest BCUT2D eigenvalue weighted by Crippen LogP contribution is 2.12. The Morgan fingerprint density at radius 2 is 1.62 bits per heavy atom. The molecule has 0 radical (unpaired) electrons. The molecule has 3 rings (SSSR count). The molecule has 3 aromatic rings. The minimum Gasteiger partial charge on any atom is -0.497 e. The Hall–Kier alpha value is -2.86. The monoisotopic (exact) mass is 325 g/mol. The van der Waals surface area contributed by atoms with Gasteiger partial charge in [-0.25, -0.2) is 0 Å². The Morgan fingerprint density at radius 3 is 2.38 bits per heavy atom. The van der Waals surface area contributed by atoms with Crippen LogP contribution in [-0.2, 0) is 19.7 Å². The Morgan fingerprint density at radius 1 is 0.875 bits per heavy atom. The van der Waals surface area contributed by atoms with Crippen molar-refractivity contribution in [2.24, 2.45) is 0 Å². The zero-order valence-electron chi connectivity index (χ0n) is 13.4. The molecule has 6 nitrogen and oxygen atoms in total. The molecule has 2 aromatic carbocycles. The van der Waals surface area contributed by atoms with Crippen LogP contribution in [0, 0.1) is 0 Å². The van der Waals surface area contributed by atoms with E-state index in [-0.39, 0.29) is 6.61 Å². The van der Waals surface area contributed by atoms with E-state index in [1.165, 1.54) is 0 Å². The molecule has 0 bridgehead atoms. The van der Waals surface area contributed by atoms with Crippen molar-refractivity contribution in [3.8, 4) is 11.5 Å². The largest absolute Gasteiger partial charge is 0.497 e. The summed E-state index contributed by atoms with van der Waals surface area (Å²) < 4.78 is 16.3. The molecule has 1 N–H and O–H groups in total. The first-order chi connectivity index (χ1) is 11.8. The number of nitrogens with zero attached hydrogens (tertiary/aromatic N) is 2. The van der Waals surface area contributed by atoms with Crippen molar-refractivity contribution in [2.75, 3.05) is 7.11 Å². The minimum atomic E-state index is 0.259. The maximum absolute atomic E-state index is 5.57. The quantitative estimate of drug-likeness (QED) is 0.687. The molecule has 124 valence electrons. The van der Waals surface area contributed by atoms with E-state index < -0.39 is 0 Å². The highest BCUT2D eigenvalue weighted by atomic mass is 16.5. The van der Waals surface area contributed by atoms with Crippen LogP contribution in [0.1, 0.15) is 17.3 Å². The lowest BCUT2D eigenvalue weighted by Crippen LogP contribution is -2.12. The Kier molecular flexibility index (Phi) is 5.42. The first-order valence-corrected chi connectivity index (χ1v) is 7.66. The number of hydrogen-bond donors (Lipinski definition) is 1. The van der Waals surface area contributed by atoms with Gasteiger partial charge in [0.15, 0.2) is 6.61 Å². The van der Waals surface area contributed by atoms with E-state index in [4.69, 9.17) is 13.9 Å². The maximum atomic E-state index is 5.57. The van der Waals surface area contributed by atoms with E-state index >= 15 is 0 Å².